The highest BCUT2D eigenvalue weighted by atomic mass is 16.5. The average Bonchev–Trinajstić information content (AvgIpc) is 2.68. The Hall–Kier alpha value is -3.16. The van der Waals surface area contributed by atoms with E-state index in [1.54, 1.807) is 33.8 Å². The van der Waals surface area contributed by atoms with E-state index in [2.05, 4.69) is 15.8 Å². The van der Waals surface area contributed by atoms with E-state index in [0.717, 1.165) is 12.0 Å². The van der Waals surface area contributed by atoms with Crippen molar-refractivity contribution in [1.29, 1.82) is 0 Å². The maximum atomic E-state index is 11.8. The minimum absolute atomic E-state index is 0.0983. The molecule has 0 saturated heterocycles. The maximum Gasteiger partial charge on any atom is 0.305 e. The zero-order chi connectivity index (χ0) is 23.7. The molecule has 0 heterocycles. The van der Waals surface area contributed by atoms with Gasteiger partial charge in [-0.25, -0.2) is 0 Å². The van der Waals surface area contributed by atoms with Crippen molar-refractivity contribution >= 4 is 29.8 Å². The fourth-order valence-electron chi connectivity index (χ4n) is 1.50. The van der Waals surface area contributed by atoms with Crippen molar-refractivity contribution in [2.45, 2.75) is 53.9 Å². The lowest BCUT2D eigenvalue weighted by molar-refractivity contribution is -0.140. The first-order chi connectivity index (χ1) is 13.9. The molecule has 0 bridgehead atoms. The van der Waals surface area contributed by atoms with Gasteiger partial charge in [0.2, 0.25) is 11.8 Å². The molecule has 0 unspecified atom stereocenters. The summed E-state index contributed by atoms with van der Waals surface area (Å²) < 4.78 is 4.35. The van der Waals surface area contributed by atoms with Crippen molar-refractivity contribution in [3.63, 3.8) is 0 Å². The second-order valence-corrected chi connectivity index (χ2v) is 7.18. The van der Waals surface area contributed by atoms with Gasteiger partial charge in [0.15, 0.2) is 0 Å². The number of methoxy groups -OCH3 is 1. The van der Waals surface area contributed by atoms with Crippen LogP contribution in [-0.4, -0.2) is 30.8 Å². The standard InChI is InChI=1S/C14H18N2O2.C5H10O2.C3H7NO/c1-14(2,3)13(18)16-11(12(15)17)9-10-7-5-4-6-8-10;1-3-4-5(6)7-2;1-2-3(4)5/h4-9H,1-3H3,(H2,15,17)(H,16,18);3-4H2,1-2H3;2H2,1H3,(H2,4,5)/b11-9-;;. The molecule has 8 heteroatoms. The fraction of sp³-hybridized carbons (Fsp3) is 0.455. The van der Waals surface area contributed by atoms with Crippen LogP contribution in [0.4, 0.5) is 0 Å². The summed E-state index contributed by atoms with van der Waals surface area (Å²) in [6.07, 6.45) is 3.41. The largest absolute Gasteiger partial charge is 0.469 e. The van der Waals surface area contributed by atoms with Gasteiger partial charge >= 0.3 is 5.97 Å². The van der Waals surface area contributed by atoms with Gasteiger partial charge in [0.05, 0.1) is 7.11 Å². The molecule has 1 aromatic carbocycles. The van der Waals surface area contributed by atoms with E-state index in [1.807, 2.05) is 37.3 Å². The molecule has 0 aliphatic carbocycles. The number of amides is 3. The molecule has 1 rings (SSSR count). The van der Waals surface area contributed by atoms with Gasteiger partial charge in [-0.15, -0.1) is 0 Å². The normalized spacial score (nSPS) is 10.4. The molecule has 0 aliphatic heterocycles. The molecule has 0 fully saturated rings. The Morgan fingerprint density at radius 3 is 1.83 bits per heavy atom. The molecule has 0 radical (unpaired) electrons. The van der Waals surface area contributed by atoms with E-state index in [1.165, 1.54) is 7.11 Å². The maximum absolute atomic E-state index is 11.8. The first-order valence-corrected chi connectivity index (χ1v) is 9.62. The number of carbonyl (C=O) groups is 4. The van der Waals surface area contributed by atoms with Crippen molar-refractivity contribution in [2.75, 3.05) is 7.11 Å². The summed E-state index contributed by atoms with van der Waals surface area (Å²) in [6, 6.07) is 9.21. The summed E-state index contributed by atoms with van der Waals surface area (Å²) in [5, 5.41) is 2.55. The summed E-state index contributed by atoms with van der Waals surface area (Å²) in [6.45, 7) is 8.97. The van der Waals surface area contributed by atoms with Crippen LogP contribution >= 0.6 is 0 Å². The quantitative estimate of drug-likeness (QED) is 0.478. The molecular formula is C22H35N3O5. The zero-order valence-electron chi connectivity index (χ0n) is 18.8. The Morgan fingerprint density at radius 2 is 1.53 bits per heavy atom. The number of ether oxygens (including phenoxy) is 1. The van der Waals surface area contributed by atoms with Gasteiger partial charge in [0, 0.05) is 18.3 Å². The van der Waals surface area contributed by atoms with Gasteiger partial charge in [-0.1, -0.05) is 65.0 Å². The van der Waals surface area contributed by atoms with E-state index in [0.29, 0.717) is 12.8 Å². The van der Waals surface area contributed by atoms with Crippen LogP contribution in [0, 0.1) is 5.41 Å². The first-order valence-electron chi connectivity index (χ1n) is 9.62. The van der Waals surface area contributed by atoms with E-state index in [9.17, 15) is 19.2 Å². The van der Waals surface area contributed by atoms with Crippen LogP contribution in [0.2, 0.25) is 0 Å². The molecule has 30 heavy (non-hydrogen) atoms. The number of esters is 1. The minimum Gasteiger partial charge on any atom is -0.469 e. The summed E-state index contributed by atoms with van der Waals surface area (Å²) in [5.74, 6) is -1.27. The topological polar surface area (TPSA) is 142 Å². The number of rotatable bonds is 6. The first kappa shape index (κ1) is 29.0. The number of hydrogen-bond acceptors (Lipinski definition) is 5. The van der Waals surface area contributed by atoms with Gasteiger partial charge in [-0.3, -0.25) is 19.2 Å². The highest BCUT2D eigenvalue weighted by Crippen LogP contribution is 2.14. The number of nitrogens with one attached hydrogen (secondary N) is 1. The SMILES string of the molecule is CC(C)(C)C(=O)N/C(=C\c1ccccc1)C(N)=O.CCC(N)=O.CCCC(=O)OC. The molecule has 8 nitrogen and oxygen atoms in total. The lowest BCUT2D eigenvalue weighted by Crippen LogP contribution is -2.38. The number of carbonyl (C=O) groups excluding carboxylic acids is 4. The second kappa shape index (κ2) is 15.7. The Kier molecular flexibility index (Phi) is 15.2. The average molecular weight is 422 g/mol. The molecule has 1 aromatic rings. The summed E-state index contributed by atoms with van der Waals surface area (Å²) >= 11 is 0. The molecule has 0 aromatic heterocycles. The lowest BCUT2D eigenvalue weighted by Gasteiger charge is -2.18. The third-order valence-corrected chi connectivity index (χ3v) is 3.34. The van der Waals surface area contributed by atoms with E-state index >= 15 is 0 Å². The van der Waals surface area contributed by atoms with Gasteiger partial charge in [0.25, 0.3) is 5.91 Å². The summed E-state index contributed by atoms with van der Waals surface area (Å²) in [5.41, 5.74) is 10.2. The molecule has 0 atom stereocenters. The Bertz CT molecular complexity index is 707. The van der Waals surface area contributed by atoms with Crippen molar-refractivity contribution in [3.8, 4) is 0 Å². The fourth-order valence-corrected chi connectivity index (χ4v) is 1.50. The second-order valence-electron chi connectivity index (χ2n) is 7.18. The molecule has 0 saturated carbocycles. The third kappa shape index (κ3) is 15.9. The highest BCUT2D eigenvalue weighted by molar-refractivity contribution is 6.01. The number of nitrogens with two attached hydrogens (primary N) is 2. The summed E-state index contributed by atoms with van der Waals surface area (Å²) in [4.78, 5) is 42.9. The van der Waals surface area contributed by atoms with E-state index in [-0.39, 0.29) is 23.5 Å². The van der Waals surface area contributed by atoms with Crippen LogP contribution in [0.5, 0.6) is 0 Å². The van der Waals surface area contributed by atoms with Crippen molar-refractivity contribution < 1.29 is 23.9 Å². The molecular weight excluding hydrogens is 386 g/mol. The van der Waals surface area contributed by atoms with Crippen molar-refractivity contribution in [1.82, 2.24) is 5.32 Å². The van der Waals surface area contributed by atoms with Crippen molar-refractivity contribution in [2.24, 2.45) is 16.9 Å². The number of hydrogen-bond donors (Lipinski definition) is 3. The van der Waals surface area contributed by atoms with E-state index < -0.39 is 11.3 Å². The Balaban J connectivity index is 0. The van der Waals surface area contributed by atoms with Crippen LogP contribution in [0.25, 0.3) is 6.08 Å². The van der Waals surface area contributed by atoms with E-state index in [4.69, 9.17) is 5.73 Å². The van der Waals surface area contributed by atoms with Gasteiger partial charge in [-0.2, -0.15) is 0 Å². The third-order valence-electron chi connectivity index (χ3n) is 3.34. The van der Waals surface area contributed by atoms with Crippen LogP contribution < -0.4 is 16.8 Å². The number of benzene rings is 1. The highest BCUT2D eigenvalue weighted by Gasteiger charge is 2.23. The molecule has 3 amide bonds. The molecule has 168 valence electrons. The van der Waals surface area contributed by atoms with Crippen LogP contribution in [0.1, 0.15) is 59.4 Å². The van der Waals surface area contributed by atoms with Gasteiger partial charge < -0.3 is 21.5 Å². The predicted octanol–water partition coefficient (Wildman–Crippen LogP) is 2.52. The predicted molar refractivity (Wildman–Crippen MR) is 118 cm³/mol. The Morgan fingerprint density at radius 1 is 1.03 bits per heavy atom. The van der Waals surface area contributed by atoms with Crippen LogP contribution in [-0.2, 0) is 23.9 Å². The lowest BCUT2D eigenvalue weighted by atomic mass is 9.95. The molecule has 0 aliphatic rings. The molecule has 0 spiro atoms. The van der Waals surface area contributed by atoms with Crippen LogP contribution in [0.3, 0.4) is 0 Å². The van der Waals surface area contributed by atoms with Gasteiger partial charge in [0.1, 0.15) is 5.70 Å². The Labute approximate surface area is 179 Å². The van der Waals surface area contributed by atoms with Crippen molar-refractivity contribution in [3.05, 3.63) is 41.6 Å². The van der Waals surface area contributed by atoms with Gasteiger partial charge in [-0.05, 0) is 18.1 Å². The van der Waals surface area contributed by atoms with Crippen LogP contribution in [0.15, 0.2) is 36.0 Å². The zero-order valence-corrected chi connectivity index (χ0v) is 18.8. The number of primary amides is 2. The summed E-state index contributed by atoms with van der Waals surface area (Å²) in [7, 11) is 1.40. The smallest absolute Gasteiger partial charge is 0.305 e. The molecule has 5 N–H and O–H groups in total. The minimum atomic E-state index is -0.656. The monoisotopic (exact) mass is 421 g/mol.